The lowest BCUT2D eigenvalue weighted by atomic mass is 10.2. The van der Waals surface area contributed by atoms with Crippen LogP contribution in [-0.4, -0.2) is 18.2 Å². The third-order valence-corrected chi connectivity index (χ3v) is 2.82. The monoisotopic (exact) mass is 250 g/mol. The van der Waals surface area contributed by atoms with Gasteiger partial charge in [0.1, 0.15) is 0 Å². The Kier molecular flexibility index (Phi) is 5.27. The molecule has 0 fully saturated rings. The number of methoxy groups -OCH3 is 1. The number of aromatic nitrogens is 1. The van der Waals surface area contributed by atoms with E-state index in [0.717, 1.165) is 24.2 Å². The number of hydrogen-bond acceptors (Lipinski definition) is 3. The fourth-order valence-electron chi connectivity index (χ4n) is 2.04. The van der Waals surface area contributed by atoms with E-state index in [4.69, 9.17) is 10.3 Å². The summed E-state index contributed by atoms with van der Waals surface area (Å²) in [6.07, 6.45) is 1.46. The number of pyridine rings is 1. The van der Waals surface area contributed by atoms with Gasteiger partial charge in [0.05, 0.1) is 12.8 Å². The summed E-state index contributed by atoms with van der Waals surface area (Å²) in [5, 5.41) is 3.51. The Morgan fingerprint density at radius 3 is 2.83 bits per heavy atom. The maximum absolute atomic E-state index is 11.8. The number of ether oxygens (including phenoxy) is 1. The van der Waals surface area contributed by atoms with E-state index in [0.29, 0.717) is 18.8 Å². The number of aryl methyl sites for hydroxylation is 1. The molecule has 0 amide bonds. The van der Waals surface area contributed by atoms with Crippen LogP contribution in [0.15, 0.2) is 16.0 Å². The molecule has 1 heterocycles. The summed E-state index contributed by atoms with van der Waals surface area (Å²) in [6, 6.07) is 1.57. The molecule has 0 radical (unpaired) electrons. The molecule has 1 rings (SSSR count). The van der Waals surface area contributed by atoms with Crippen molar-refractivity contribution in [1.82, 2.24) is 4.57 Å². The van der Waals surface area contributed by atoms with Crippen molar-refractivity contribution in [3.8, 4) is 5.75 Å². The Morgan fingerprint density at radius 1 is 1.56 bits per heavy atom. The fourth-order valence-corrected chi connectivity index (χ4v) is 2.04. The van der Waals surface area contributed by atoms with Crippen LogP contribution in [0.25, 0.3) is 10.4 Å². The standard InChI is InChI=1S/C12H18N4O2/c1-4-10-12(18-3)11(17)8-9(2)16(10)7-5-6-14-15-13/h8H,4-7H2,1-3H3. The van der Waals surface area contributed by atoms with Gasteiger partial charge in [-0.25, -0.2) is 0 Å². The molecular weight excluding hydrogens is 232 g/mol. The van der Waals surface area contributed by atoms with Gasteiger partial charge in [-0.1, -0.05) is 12.0 Å². The van der Waals surface area contributed by atoms with Gasteiger partial charge in [0.15, 0.2) is 5.75 Å². The van der Waals surface area contributed by atoms with E-state index in [9.17, 15) is 4.79 Å². The van der Waals surface area contributed by atoms with Crippen molar-refractivity contribution in [2.45, 2.75) is 33.2 Å². The predicted molar refractivity (Wildman–Crippen MR) is 70.0 cm³/mol. The maximum Gasteiger partial charge on any atom is 0.223 e. The summed E-state index contributed by atoms with van der Waals surface area (Å²) < 4.78 is 7.22. The Hall–Kier alpha value is -1.94. The lowest BCUT2D eigenvalue weighted by Gasteiger charge is -2.18. The SMILES string of the molecule is CCc1c(OC)c(=O)cc(C)n1CCCN=[N+]=[N-]. The first-order chi connectivity index (χ1) is 8.65. The van der Waals surface area contributed by atoms with Crippen LogP contribution < -0.4 is 10.2 Å². The minimum atomic E-state index is -0.0851. The topological polar surface area (TPSA) is 80.0 Å². The molecule has 0 saturated heterocycles. The lowest BCUT2D eigenvalue weighted by molar-refractivity contribution is 0.395. The van der Waals surface area contributed by atoms with Crippen LogP contribution in [0.4, 0.5) is 0 Å². The van der Waals surface area contributed by atoms with Gasteiger partial charge in [-0.2, -0.15) is 0 Å². The highest BCUT2D eigenvalue weighted by Crippen LogP contribution is 2.16. The zero-order chi connectivity index (χ0) is 13.5. The lowest BCUT2D eigenvalue weighted by Crippen LogP contribution is -2.18. The van der Waals surface area contributed by atoms with Crippen LogP contribution >= 0.6 is 0 Å². The van der Waals surface area contributed by atoms with Crippen LogP contribution in [0, 0.1) is 6.92 Å². The molecule has 1 aromatic rings. The van der Waals surface area contributed by atoms with Crippen LogP contribution in [-0.2, 0) is 13.0 Å². The second-order valence-corrected chi connectivity index (χ2v) is 3.94. The zero-order valence-corrected chi connectivity index (χ0v) is 11.0. The smallest absolute Gasteiger partial charge is 0.223 e. The number of hydrogen-bond donors (Lipinski definition) is 0. The van der Waals surface area contributed by atoms with Gasteiger partial charge >= 0.3 is 0 Å². The molecule has 18 heavy (non-hydrogen) atoms. The Labute approximate surface area is 106 Å². The third-order valence-electron chi connectivity index (χ3n) is 2.82. The molecule has 98 valence electrons. The number of nitrogens with zero attached hydrogens (tertiary/aromatic N) is 4. The van der Waals surface area contributed by atoms with Crippen molar-refractivity contribution in [3.05, 3.63) is 38.1 Å². The van der Waals surface area contributed by atoms with Crippen LogP contribution in [0.3, 0.4) is 0 Å². The second-order valence-electron chi connectivity index (χ2n) is 3.94. The second kappa shape index (κ2) is 6.71. The number of azide groups is 1. The largest absolute Gasteiger partial charge is 0.491 e. The highest BCUT2D eigenvalue weighted by atomic mass is 16.5. The predicted octanol–water partition coefficient (Wildman–Crippen LogP) is 2.43. The summed E-state index contributed by atoms with van der Waals surface area (Å²) >= 11 is 0. The first-order valence-corrected chi connectivity index (χ1v) is 5.93. The van der Waals surface area contributed by atoms with E-state index in [1.54, 1.807) is 6.07 Å². The first-order valence-electron chi connectivity index (χ1n) is 5.93. The molecule has 6 heteroatoms. The molecule has 0 aliphatic rings. The van der Waals surface area contributed by atoms with E-state index in [-0.39, 0.29) is 5.43 Å². The van der Waals surface area contributed by atoms with E-state index in [1.165, 1.54) is 7.11 Å². The highest BCUT2D eigenvalue weighted by molar-refractivity contribution is 5.31. The first kappa shape index (κ1) is 14.1. The normalized spacial score (nSPS) is 9.94. The van der Waals surface area contributed by atoms with Crippen molar-refractivity contribution < 1.29 is 4.74 Å². The maximum atomic E-state index is 11.8. The molecule has 0 saturated carbocycles. The summed E-state index contributed by atoms with van der Waals surface area (Å²) in [5.41, 5.74) is 9.94. The van der Waals surface area contributed by atoms with Crippen molar-refractivity contribution in [2.75, 3.05) is 13.7 Å². The minimum absolute atomic E-state index is 0.0851. The fraction of sp³-hybridized carbons (Fsp3) is 0.583. The van der Waals surface area contributed by atoms with Crippen LogP contribution in [0.1, 0.15) is 24.7 Å². The molecule has 0 atom stereocenters. The molecule has 0 bridgehead atoms. The summed E-state index contributed by atoms with van der Waals surface area (Å²) in [5.74, 6) is 0.409. The van der Waals surface area contributed by atoms with Crippen molar-refractivity contribution in [2.24, 2.45) is 5.11 Å². The molecule has 0 spiro atoms. The molecule has 1 aromatic heterocycles. The molecule has 6 nitrogen and oxygen atoms in total. The molecular formula is C12H18N4O2. The average Bonchev–Trinajstić information content (AvgIpc) is 2.35. The Bertz CT molecular complexity index is 516. The molecule has 0 N–H and O–H groups in total. The van der Waals surface area contributed by atoms with Gasteiger partial charge in [0, 0.05) is 29.8 Å². The minimum Gasteiger partial charge on any atom is -0.491 e. The Balaban J connectivity index is 3.08. The van der Waals surface area contributed by atoms with Gasteiger partial charge in [0.2, 0.25) is 5.43 Å². The van der Waals surface area contributed by atoms with Gasteiger partial charge in [0.25, 0.3) is 0 Å². The zero-order valence-electron chi connectivity index (χ0n) is 11.0. The van der Waals surface area contributed by atoms with Gasteiger partial charge in [-0.05, 0) is 25.3 Å². The average molecular weight is 250 g/mol. The quantitative estimate of drug-likeness (QED) is 0.336. The molecule has 0 aliphatic heterocycles. The van der Waals surface area contributed by atoms with Gasteiger partial charge in [-0.3, -0.25) is 4.79 Å². The van der Waals surface area contributed by atoms with Crippen LogP contribution in [0.2, 0.25) is 0 Å². The van der Waals surface area contributed by atoms with E-state index < -0.39 is 0 Å². The van der Waals surface area contributed by atoms with Crippen molar-refractivity contribution >= 4 is 0 Å². The third kappa shape index (κ3) is 3.05. The summed E-state index contributed by atoms with van der Waals surface area (Å²) in [4.78, 5) is 14.5. The Morgan fingerprint density at radius 2 is 2.28 bits per heavy atom. The van der Waals surface area contributed by atoms with Gasteiger partial charge in [-0.15, -0.1) is 0 Å². The summed E-state index contributed by atoms with van der Waals surface area (Å²) in [6.45, 7) is 5.05. The van der Waals surface area contributed by atoms with Crippen LogP contribution in [0.5, 0.6) is 5.75 Å². The number of rotatable bonds is 6. The summed E-state index contributed by atoms with van der Waals surface area (Å²) in [7, 11) is 1.51. The molecule has 0 unspecified atom stereocenters. The van der Waals surface area contributed by atoms with Crippen molar-refractivity contribution in [3.63, 3.8) is 0 Å². The van der Waals surface area contributed by atoms with E-state index in [2.05, 4.69) is 10.0 Å². The van der Waals surface area contributed by atoms with Crippen molar-refractivity contribution in [1.29, 1.82) is 0 Å². The van der Waals surface area contributed by atoms with E-state index in [1.807, 2.05) is 18.4 Å². The van der Waals surface area contributed by atoms with Gasteiger partial charge < -0.3 is 9.30 Å². The highest BCUT2D eigenvalue weighted by Gasteiger charge is 2.12. The molecule has 0 aromatic carbocycles. The molecule has 0 aliphatic carbocycles. The van der Waals surface area contributed by atoms with E-state index >= 15 is 0 Å².